The van der Waals surface area contributed by atoms with Crippen LogP contribution in [-0.4, -0.2) is 51.0 Å². The first-order valence-corrected chi connectivity index (χ1v) is 10.4. The standard InChI is InChI=1S/C20H25F3N8O/c1-9(2)15-17(32)29-14-10(3)25-19(30-16(14)31(15)4)27-12-7-11(8-12)26-13-5-6-24-18(28-13)20(21,22)23/h5-6,9,11-12,15H,7-8H2,1-4H3,(H,29,32)(H,24,26,28)(H,25,27,30)/t11-,12-,15?. The zero-order valence-corrected chi connectivity index (χ0v) is 18.2. The molecule has 2 aromatic rings. The molecule has 1 unspecified atom stereocenters. The van der Waals surface area contributed by atoms with E-state index in [-0.39, 0.29) is 35.8 Å². The lowest BCUT2D eigenvalue weighted by Crippen LogP contribution is -2.50. The van der Waals surface area contributed by atoms with Crippen molar-refractivity contribution in [3.05, 3.63) is 23.8 Å². The van der Waals surface area contributed by atoms with Crippen LogP contribution in [0.3, 0.4) is 0 Å². The first kappa shape index (κ1) is 22.0. The quantitative estimate of drug-likeness (QED) is 0.638. The van der Waals surface area contributed by atoms with Gasteiger partial charge in [0.15, 0.2) is 5.82 Å². The van der Waals surface area contributed by atoms with Crippen molar-refractivity contribution in [1.82, 2.24) is 19.9 Å². The number of aryl methyl sites for hydroxylation is 1. The van der Waals surface area contributed by atoms with Crippen LogP contribution in [0.5, 0.6) is 0 Å². The van der Waals surface area contributed by atoms with Crippen LogP contribution in [0.25, 0.3) is 0 Å². The molecule has 0 bridgehead atoms. The molecule has 1 saturated carbocycles. The molecule has 32 heavy (non-hydrogen) atoms. The normalized spacial score (nSPS) is 22.8. The third kappa shape index (κ3) is 4.26. The Morgan fingerprint density at radius 2 is 1.84 bits per heavy atom. The van der Waals surface area contributed by atoms with Gasteiger partial charge in [-0.1, -0.05) is 13.8 Å². The minimum atomic E-state index is -4.58. The van der Waals surface area contributed by atoms with Crippen LogP contribution in [0.15, 0.2) is 12.3 Å². The Morgan fingerprint density at radius 3 is 2.50 bits per heavy atom. The fraction of sp³-hybridized carbons (Fsp3) is 0.550. The maximum atomic E-state index is 12.8. The molecule has 0 radical (unpaired) electrons. The van der Waals surface area contributed by atoms with Crippen molar-refractivity contribution in [3.63, 3.8) is 0 Å². The van der Waals surface area contributed by atoms with Crippen LogP contribution >= 0.6 is 0 Å². The smallest absolute Gasteiger partial charge is 0.367 e. The molecule has 3 N–H and O–H groups in total. The van der Waals surface area contributed by atoms with Crippen molar-refractivity contribution < 1.29 is 18.0 Å². The molecular formula is C20H25F3N8O. The van der Waals surface area contributed by atoms with Crippen molar-refractivity contribution in [2.24, 2.45) is 5.92 Å². The third-order valence-electron chi connectivity index (χ3n) is 5.70. The van der Waals surface area contributed by atoms with Crippen LogP contribution in [0, 0.1) is 12.8 Å². The lowest BCUT2D eigenvalue weighted by Gasteiger charge is -2.38. The minimum Gasteiger partial charge on any atom is -0.367 e. The number of hydrogen-bond acceptors (Lipinski definition) is 8. The first-order valence-electron chi connectivity index (χ1n) is 10.4. The second kappa shape index (κ2) is 8.06. The first-order chi connectivity index (χ1) is 15.0. The Labute approximate surface area is 183 Å². The van der Waals surface area contributed by atoms with Gasteiger partial charge in [0.2, 0.25) is 17.7 Å². The van der Waals surface area contributed by atoms with Crippen LogP contribution in [0.1, 0.15) is 38.2 Å². The highest BCUT2D eigenvalue weighted by atomic mass is 19.4. The molecule has 4 rings (SSSR count). The number of hydrogen-bond donors (Lipinski definition) is 3. The molecule has 1 aliphatic carbocycles. The predicted octanol–water partition coefficient (Wildman–Crippen LogP) is 3.06. The Kier molecular flexibility index (Phi) is 5.55. The Morgan fingerprint density at radius 1 is 1.16 bits per heavy atom. The molecule has 0 aromatic carbocycles. The largest absolute Gasteiger partial charge is 0.451 e. The zero-order chi connectivity index (χ0) is 23.2. The van der Waals surface area contributed by atoms with Gasteiger partial charge in [-0.15, -0.1) is 0 Å². The molecule has 2 aromatic heterocycles. The number of anilines is 4. The lowest BCUT2D eigenvalue weighted by molar-refractivity contribution is -0.144. The highest BCUT2D eigenvalue weighted by Crippen LogP contribution is 2.35. The van der Waals surface area contributed by atoms with Gasteiger partial charge in [0.05, 0.1) is 5.69 Å². The van der Waals surface area contributed by atoms with E-state index in [1.807, 2.05) is 32.7 Å². The molecule has 2 aliphatic rings. The van der Waals surface area contributed by atoms with Gasteiger partial charge >= 0.3 is 6.18 Å². The summed E-state index contributed by atoms with van der Waals surface area (Å²) in [6, 6.07) is 1.14. The zero-order valence-electron chi connectivity index (χ0n) is 18.2. The van der Waals surface area contributed by atoms with Crippen LogP contribution in [-0.2, 0) is 11.0 Å². The molecule has 1 amide bonds. The second-order valence-corrected chi connectivity index (χ2v) is 8.54. The van der Waals surface area contributed by atoms with E-state index in [2.05, 4.69) is 35.9 Å². The number of carbonyl (C=O) groups excluding carboxylic acids is 1. The summed E-state index contributed by atoms with van der Waals surface area (Å²) in [6.45, 7) is 5.78. The average molecular weight is 450 g/mol. The fourth-order valence-corrected chi connectivity index (χ4v) is 4.10. The maximum Gasteiger partial charge on any atom is 0.451 e. The number of fused-ring (bicyclic) bond motifs is 1. The van der Waals surface area contributed by atoms with Crippen LogP contribution in [0.2, 0.25) is 0 Å². The highest BCUT2D eigenvalue weighted by Gasteiger charge is 2.37. The van der Waals surface area contributed by atoms with E-state index in [1.54, 1.807) is 0 Å². The molecular weight excluding hydrogens is 425 g/mol. The number of carbonyl (C=O) groups is 1. The predicted molar refractivity (Wildman–Crippen MR) is 114 cm³/mol. The maximum absolute atomic E-state index is 12.8. The van der Waals surface area contributed by atoms with Gasteiger partial charge in [-0.05, 0) is 31.7 Å². The monoisotopic (exact) mass is 450 g/mol. The van der Waals surface area contributed by atoms with Gasteiger partial charge in [-0.3, -0.25) is 4.79 Å². The van der Waals surface area contributed by atoms with Crippen molar-refractivity contribution in [2.45, 2.75) is 57.9 Å². The summed E-state index contributed by atoms with van der Waals surface area (Å²) >= 11 is 0. The van der Waals surface area contributed by atoms with Crippen molar-refractivity contribution in [3.8, 4) is 0 Å². The van der Waals surface area contributed by atoms with Gasteiger partial charge in [-0.2, -0.15) is 18.2 Å². The van der Waals surface area contributed by atoms with Gasteiger partial charge < -0.3 is 20.9 Å². The van der Waals surface area contributed by atoms with Crippen molar-refractivity contribution in [2.75, 3.05) is 27.9 Å². The number of rotatable bonds is 5. The average Bonchev–Trinajstić information content (AvgIpc) is 2.66. The summed E-state index contributed by atoms with van der Waals surface area (Å²) < 4.78 is 38.3. The number of likely N-dealkylation sites (N-methyl/N-ethyl adjacent to an activating group) is 1. The topological polar surface area (TPSA) is 108 Å². The molecule has 3 heterocycles. The molecule has 1 fully saturated rings. The van der Waals surface area contributed by atoms with E-state index in [0.29, 0.717) is 36.0 Å². The van der Waals surface area contributed by atoms with Gasteiger partial charge in [0, 0.05) is 25.3 Å². The van der Waals surface area contributed by atoms with Gasteiger partial charge in [0.1, 0.15) is 17.5 Å². The number of aromatic nitrogens is 4. The van der Waals surface area contributed by atoms with Gasteiger partial charge in [0.25, 0.3) is 0 Å². The molecule has 9 nitrogen and oxygen atoms in total. The third-order valence-corrected chi connectivity index (χ3v) is 5.70. The summed E-state index contributed by atoms with van der Waals surface area (Å²) in [4.78, 5) is 30.2. The molecule has 1 aliphatic heterocycles. The second-order valence-electron chi connectivity index (χ2n) is 8.54. The SMILES string of the molecule is Cc1nc(N[C@H]2C[C@H](Nc3ccnc(C(F)(F)F)n3)C2)nc2c1NC(=O)C(C(C)C)N2C. The van der Waals surface area contributed by atoms with Gasteiger partial charge in [-0.25, -0.2) is 15.0 Å². The van der Waals surface area contributed by atoms with E-state index in [4.69, 9.17) is 0 Å². The molecule has 12 heteroatoms. The number of halogens is 3. The fourth-order valence-electron chi connectivity index (χ4n) is 4.10. The van der Waals surface area contributed by atoms with E-state index in [0.717, 1.165) is 6.20 Å². The van der Waals surface area contributed by atoms with Crippen LogP contribution in [0.4, 0.5) is 36.4 Å². The summed E-state index contributed by atoms with van der Waals surface area (Å²) in [5.74, 6) is 0.135. The summed E-state index contributed by atoms with van der Waals surface area (Å²) in [7, 11) is 1.85. The minimum absolute atomic E-state index is 0.0190. The molecule has 172 valence electrons. The van der Waals surface area contributed by atoms with Crippen molar-refractivity contribution in [1.29, 1.82) is 0 Å². The number of nitrogens with zero attached hydrogens (tertiary/aromatic N) is 5. The van der Waals surface area contributed by atoms with Crippen molar-refractivity contribution >= 4 is 29.2 Å². The summed E-state index contributed by atoms with van der Waals surface area (Å²) in [5.41, 5.74) is 1.27. The number of alkyl halides is 3. The Bertz CT molecular complexity index is 1020. The lowest BCUT2D eigenvalue weighted by atomic mass is 9.87. The van der Waals surface area contributed by atoms with Crippen LogP contribution < -0.4 is 20.9 Å². The van der Waals surface area contributed by atoms with E-state index >= 15 is 0 Å². The molecule has 0 saturated heterocycles. The molecule has 1 atom stereocenters. The van der Waals surface area contributed by atoms with E-state index < -0.39 is 12.0 Å². The summed E-state index contributed by atoms with van der Waals surface area (Å²) in [5, 5.41) is 9.21. The molecule has 0 spiro atoms. The number of amides is 1. The number of nitrogens with one attached hydrogen (secondary N) is 3. The summed E-state index contributed by atoms with van der Waals surface area (Å²) in [6.07, 6.45) is -2.14. The Balaban J connectivity index is 1.40. The van der Waals surface area contributed by atoms with E-state index in [9.17, 15) is 18.0 Å². The van der Waals surface area contributed by atoms with E-state index in [1.165, 1.54) is 6.07 Å². The Hall–Kier alpha value is -3.18. The highest BCUT2D eigenvalue weighted by molar-refractivity contribution is 6.03.